The first-order valence-electron chi connectivity index (χ1n) is 9.09. The van der Waals surface area contributed by atoms with Gasteiger partial charge in [-0.2, -0.15) is 11.8 Å². The molecule has 154 valence electrons. The monoisotopic (exact) mass is 414 g/mol. The molecule has 0 aliphatic rings. The summed E-state index contributed by atoms with van der Waals surface area (Å²) in [5.41, 5.74) is 0.116. The number of hydrogen-bond donors (Lipinski definition) is 3. The third kappa shape index (κ3) is 8.53. The van der Waals surface area contributed by atoms with Crippen molar-refractivity contribution in [3.05, 3.63) is 29.8 Å². The molecule has 0 heterocycles. The van der Waals surface area contributed by atoms with Crippen LogP contribution in [0.1, 0.15) is 47.1 Å². The summed E-state index contributed by atoms with van der Waals surface area (Å²) in [5, 5.41) is 6.54. The van der Waals surface area contributed by atoms with Crippen LogP contribution in [0.2, 0.25) is 0 Å². The molecular formula is C19H34N4O2S2. The largest absolute Gasteiger partial charge is 0.357 e. The SMILES string of the molecule is CCNC(=NCc1ccccc1S(=O)(=O)NC(C)(C)C)NCC(C)(C)SC. The number of sulfonamides is 1. The minimum absolute atomic E-state index is 0.0774. The van der Waals surface area contributed by atoms with Crippen LogP contribution >= 0.6 is 11.8 Å². The number of aliphatic imine (C=N–C) groups is 1. The van der Waals surface area contributed by atoms with Crippen molar-refractivity contribution >= 4 is 27.7 Å². The molecule has 0 bridgehead atoms. The molecule has 0 radical (unpaired) electrons. The lowest BCUT2D eigenvalue weighted by molar-refractivity contribution is 0.491. The van der Waals surface area contributed by atoms with Crippen LogP contribution in [0, 0.1) is 0 Å². The Morgan fingerprint density at radius 2 is 1.74 bits per heavy atom. The molecule has 0 spiro atoms. The Kier molecular flexibility index (Phi) is 8.63. The number of hydrogen-bond acceptors (Lipinski definition) is 4. The van der Waals surface area contributed by atoms with Crippen molar-refractivity contribution < 1.29 is 8.42 Å². The summed E-state index contributed by atoms with van der Waals surface area (Å²) >= 11 is 1.78. The van der Waals surface area contributed by atoms with E-state index in [4.69, 9.17) is 0 Å². The number of nitrogens with zero attached hydrogens (tertiary/aromatic N) is 1. The van der Waals surface area contributed by atoms with Gasteiger partial charge in [-0.3, -0.25) is 0 Å². The zero-order valence-electron chi connectivity index (χ0n) is 17.5. The second-order valence-electron chi connectivity index (χ2n) is 7.98. The lowest BCUT2D eigenvalue weighted by Gasteiger charge is -2.24. The lowest BCUT2D eigenvalue weighted by Crippen LogP contribution is -2.43. The summed E-state index contributed by atoms with van der Waals surface area (Å²) in [7, 11) is -3.61. The quantitative estimate of drug-likeness (QED) is 0.450. The Bertz CT molecular complexity index is 738. The second-order valence-corrected chi connectivity index (χ2v) is 11.1. The Labute approximate surface area is 169 Å². The fourth-order valence-electron chi connectivity index (χ4n) is 2.23. The first kappa shape index (κ1) is 23.8. The molecule has 1 aromatic rings. The van der Waals surface area contributed by atoms with Crippen molar-refractivity contribution in [2.75, 3.05) is 19.3 Å². The van der Waals surface area contributed by atoms with Crippen LogP contribution in [0.4, 0.5) is 0 Å². The molecule has 0 aromatic heterocycles. The Morgan fingerprint density at radius 1 is 1.11 bits per heavy atom. The van der Waals surface area contributed by atoms with Gasteiger partial charge in [-0.1, -0.05) is 18.2 Å². The van der Waals surface area contributed by atoms with Crippen molar-refractivity contribution in [2.24, 2.45) is 4.99 Å². The van der Waals surface area contributed by atoms with E-state index < -0.39 is 15.6 Å². The van der Waals surface area contributed by atoms with Gasteiger partial charge in [-0.05, 0) is 59.4 Å². The zero-order valence-corrected chi connectivity index (χ0v) is 19.1. The maximum Gasteiger partial charge on any atom is 0.241 e. The van der Waals surface area contributed by atoms with Crippen LogP contribution in [-0.2, 0) is 16.6 Å². The highest BCUT2D eigenvalue weighted by Crippen LogP contribution is 2.20. The third-order valence-electron chi connectivity index (χ3n) is 3.69. The van der Waals surface area contributed by atoms with Gasteiger partial charge in [0.1, 0.15) is 0 Å². The molecule has 6 nitrogen and oxygen atoms in total. The molecule has 0 fully saturated rings. The van der Waals surface area contributed by atoms with E-state index in [0.29, 0.717) is 11.5 Å². The highest BCUT2D eigenvalue weighted by atomic mass is 32.2. The highest BCUT2D eigenvalue weighted by molar-refractivity contribution is 7.99. The van der Waals surface area contributed by atoms with Gasteiger partial charge < -0.3 is 10.6 Å². The van der Waals surface area contributed by atoms with Crippen LogP contribution in [-0.4, -0.2) is 44.0 Å². The fraction of sp³-hybridized carbons (Fsp3) is 0.632. The van der Waals surface area contributed by atoms with Gasteiger partial charge in [-0.15, -0.1) is 0 Å². The smallest absolute Gasteiger partial charge is 0.241 e. The number of nitrogens with one attached hydrogen (secondary N) is 3. The number of thioether (sulfide) groups is 1. The van der Waals surface area contributed by atoms with Crippen molar-refractivity contribution in [1.29, 1.82) is 0 Å². The predicted octanol–water partition coefficient (Wildman–Crippen LogP) is 2.96. The van der Waals surface area contributed by atoms with Crippen LogP contribution < -0.4 is 15.4 Å². The van der Waals surface area contributed by atoms with Crippen LogP contribution in [0.15, 0.2) is 34.2 Å². The summed E-state index contributed by atoms with van der Waals surface area (Å²) < 4.78 is 28.3. The molecule has 1 aromatic carbocycles. The van der Waals surface area contributed by atoms with Gasteiger partial charge in [0.25, 0.3) is 0 Å². The van der Waals surface area contributed by atoms with Crippen molar-refractivity contribution in [1.82, 2.24) is 15.4 Å². The molecular weight excluding hydrogens is 380 g/mol. The first-order valence-corrected chi connectivity index (χ1v) is 11.8. The van der Waals surface area contributed by atoms with E-state index in [1.165, 1.54) is 0 Å². The van der Waals surface area contributed by atoms with Gasteiger partial charge in [0.15, 0.2) is 5.96 Å². The molecule has 0 atom stereocenters. The van der Waals surface area contributed by atoms with Crippen LogP contribution in [0.3, 0.4) is 0 Å². The molecule has 0 unspecified atom stereocenters. The molecule has 0 saturated carbocycles. The fourth-order valence-corrected chi connectivity index (χ4v) is 4.10. The van der Waals surface area contributed by atoms with Crippen molar-refractivity contribution in [2.45, 2.75) is 63.3 Å². The van der Waals surface area contributed by atoms with Gasteiger partial charge in [0.05, 0.1) is 11.4 Å². The molecule has 1 rings (SSSR count). The Morgan fingerprint density at radius 3 is 2.30 bits per heavy atom. The Hall–Kier alpha value is -1.25. The van der Waals surface area contributed by atoms with E-state index in [-0.39, 0.29) is 16.2 Å². The molecule has 8 heteroatoms. The number of benzene rings is 1. The van der Waals surface area contributed by atoms with Gasteiger partial charge >= 0.3 is 0 Å². The van der Waals surface area contributed by atoms with Gasteiger partial charge in [0, 0.05) is 23.4 Å². The number of rotatable bonds is 8. The molecule has 0 saturated heterocycles. The standard InChI is InChI=1S/C19H34N4O2S2/c1-8-20-17(22-14-19(5,6)26-7)21-13-15-11-9-10-12-16(15)27(24,25)23-18(2,3)4/h9-12,23H,8,13-14H2,1-7H3,(H2,20,21,22). The van der Waals surface area contributed by atoms with Gasteiger partial charge in [0.2, 0.25) is 10.0 Å². The van der Waals surface area contributed by atoms with E-state index in [0.717, 1.165) is 13.1 Å². The van der Waals surface area contributed by atoms with E-state index in [1.54, 1.807) is 30.0 Å². The topological polar surface area (TPSA) is 82.6 Å². The predicted molar refractivity (Wildman–Crippen MR) is 117 cm³/mol. The van der Waals surface area contributed by atoms with E-state index in [9.17, 15) is 8.42 Å². The van der Waals surface area contributed by atoms with Crippen molar-refractivity contribution in [3.63, 3.8) is 0 Å². The highest BCUT2D eigenvalue weighted by Gasteiger charge is 2.24. The van der Waals surface area contributed by atoms with Gasteiger partial charge in [-0.25, -0.2) is 18.1 Å². The maximum atomic E-state index is 12.7. The average Bonchev–Trinajstić information content (AvgIpc) is 2.55. The molecule has 0 aliphatic carbocycles. The van der Waals surface area contributed by atoms with E-state index in [2.05, 4.69) is 40.5 Å². The van der Waals surface area contributed by atoms with Crippen LogP contribution in [0.5, 0.6) is 0 Å². The minimum Gasteiger partial charge on any atom is -0.357 e. The summed E-state index contributed by atoms with van der Waals surface area (Å²) in [4.78, 5) is 4.85. The van der Waals surface area contributed by atoms with E-state index in [1.807, 2.05) is 33.8 Å². The lowest BCUT2D eigenvalue weighted by atomic mass is 10.1. The third-order valence-corrected chi connectivity index (χ3v) is 6.80. The van der Waals surface area contributed by atoms with E-state index >= 15 is 0 Å². The summed E-state index contributed by atoms with van der Waals surface area (Å²) in [6, 6.07) is 6.99. The normalized spacial score (nSPS) is 13.5. The minimum atomic E-state index is -3.61. The van der Waals surface area contributed by atoms with Crippen molar-refractivity contribution in [3.8, 4) is 0 Å². The first-order chi connectivity index (χ1) is 12.4. The molecule has 3 N–H and O–H groups in total. The molecule has 0 amide bonds. The maximum absolute atomic E-state index is 12.7. The van der Waals surface area contributed by atoms with Crippen LogP contribution in [0.25, 0.3) is 0 Å². The molecule has 0 aliphatic heterocycles. The molecule has 27 heavy (non-hydrogen) atoms. The second kappa shape index (κ2) is 9.80. The summed E-state index contributed by atoms with van der Waals surface area (Å²) in [6.07, 6.45) is 2.08. The Balaban J connectivity index is 3.04. The average molecular weight is 415 g/mol. The summed E-state index contributed by atoms with van der Waals surface area (Å²) in [6.45, 7) is 13.6. The summed E-state index contributed by atoms with van der Waals surface area (Å²) in [5.74, 6) is 0.676. The zero-order chi connectivity index (χ0) is 20.7. The number of guanidine groups is 1.